The maximum absolute atomic E-state index is 11.4. The van der Waals surface area contributed by atoms with Gasteiger partial charge in [-0.1, -0.05) is 73.8 Å². The Labute approximate surface area is 205 Å². The van der Waals surface area contributed by atoms with Crippen molar-refractivity contribution in [3.63, 3.8) is 0 Å². The van der Waals surface area contributed by atoms with Gasteiger partial charge in [0.05, 0.1) is 5.02 Å². The van der Waals surface area contributed by atoms with Crippen LogP contribution in [0, 0.1) is 18.8 Å². The predicted octanol–water partition coefficient (Wildman–Crippen LogP) is 7.90. The topological polar surface area (TPSA) is 46.5 Å². The largest absolute Gasteiger partial charge is 0.307 e. The zero-order valence-corrected chi connectivity index (χ0v) is 21.9. The van der Waals surface area contributed by atoms with Crippen molar-refractivity contribution in [2.24, 2.45) is 4.99 Å². The summed E-state index contributed by atoms with van der Waals surface area (Å²) >= 11 is 5.80. The van der Waals surface area contributed by atoms with E-state index in [1.54, 1.807) is 13.0 Å². The van der Waals surface area contributed by atoms with Crippen LogP contribution in [0.25, 0.3) is 6.08 Å². The average molecular weight is 466 g/mol. The van der Waals surface area contributed by atoms with Gasteiger partial charge in [0.15, 0.2) is 5.78 Å². The SMILES string of the molecule is C=O.CC.CC#Cc1ccccc1Cl.C\C=C(/N=C(C)\C(C)=C\c1ccccc1C)C(C)=O. The normalized spacial score (nSPS) is 10.6. The van der Waals surface area contributed by atoms with Gasteiger partial charge in [-0.15, -0.1) is 5.92 Å². The second-order valence-corrected chi connectivity index (χ2v) is 6.87. The second kappa shape index (κ2) is 19.5. The van der Waals surface area contributed by atoms with Gasteiger partial charge in [-0.3, -0.25) is 9.79 Å². The van der Waals surface area contributed by atoms with Crippen molar-refractivity contribution in [1.29, 1.82) is 0 Å². The molecule has 0 saturated carbocycles. The van der Waals surface area contributed by atoms with Crippen LogP contribution in [0.2, 0.25) is 5.02 Å². The van der Waals surface area contributed by atoms with E-state index >= 15 is 0 Å². The Hall–Kier alpha value is -3.22. The third-order valence-electron chi connectivity index (χ3n) is 4.19. The van der Waals surface area contributed by atoms with Crippen molar-refractivity contribution in [2.45, 2.75) is 55.4 Å². The van der Waals surface area contributed by atoms with Crippen LogP contribution in [0.1, 0.15) is 65.2 Å². The number of allylic oxidation sites excluding steroid dienone is 3. The highest BCUT2D eigenvalue weighted by molar-refractivity contribution is 6.31. The summed E-state index contributed by atoms with van der Waals surface area (Å²) in [4.78, 5) is 23.7. The Bertz CT molecular complexity index is 1020. The van der Waals surface area contributed by atoms with E-state index in [0.717, 1.165) is 21.9 Å². The summed E-state index contributed by atoms with van der Waals surface area (Å²) in [5.74, 6) is 5.68. The van der Waals surface area contributed by atoms with Gasteiger partial charge < -0.3 is 4.79 Å². The zero-order valence-electron chi connectivity index (χ0n) is 21.1. The molecule has 33 heavy (non-hydrogen) atoms. The number of aliphatic imine (C=N–C) groups is 1. The third-order valence-corrected chi connectivity index (χ3v) is 4.52. The van der Waals surface area contributed by atoms with Crippen molar-refractivity contribution in [2.75, 3.05) is 0 Å². The van der Waals surface area contributed by atoms with E-state index in [-0.39, 0.29) is 5.78 Å². The molecular weight excluding hydrogens is 430 g/mol. The maximum atomic E-state index is 11.4. The number of carbonyl (C=O) groups is 2. The molecule has 2 aromatic carbocycles. The number of hydrogen-bond donors (Lipinski definition) is 0. The molecule has 0 aliphatic heterocycles. The first-order valence-corrected chi connectivity index (χ1v) is 11.1. The molecule has 3 nitrogen and oxygen atoms in total. The lowest BCUT2D eigenvalue weighted by molar-refractivity contribution is -0.113. The van der Waals surface area contributed by atoms with E-state index in [9.17, 15) is 4.79 Å². The molecule has 0 aromatic heterocycles. The number of benzene rings is 2. The van der Waals surface area contributed by atoms with Crippen LogP contribution >= 0.6 is 11.6 Å². The van der Waals surface area contributed by atoms with Gasteiger partial charge in [0.1, 0.15) is 12.5 Å². The number of aryl methyl sites for hydroxylation is 1. The minimum atomic E-state index is -0.00876. The van der Waals surface area contributed by atoms with Crippen LogP contribution in [0.5, 0.6) is 0 Å². The zero-order chi connectivity index (χ0) is 25.8. The smallest absolute Gasteiger partial charge is 0.177 e. The van der Waals surface area contributed by atoms with Gasteiger partial charge in [-0.05, 0) is 69.5 Å². The van der Waals surface area contributed by atoms with Crippen LogP contribution in [0.15, 0.2) is 70.9 Å². The first kappa shape index (κ1) is 32.0. The quantitative estimate of drug-likeness (QED) is 0.261. The number of nitrogens with zero attached hydrogens (tertiary/aromatic N) is 1. The van der Waals surface area contributed by atoms with Gasteiger partial charge in [-0.2, -0.15) is 0 Å². The van der Waals surface area contributed by atoms with Gasteiger partial charge in [0.2, 0.25) is 0 Å². The van der Waals surface area contributed by atoms with Crippen molar-refractivity contribution >= 4 is 36.0 Å². The van der Waals surface area contributed by atoms with Crippen molar-refractivity contribution < 1.29 is 9.59 Å². The van der Waals surface area contributed by atoms with Gasteiger partial charge in [0.25, 0.3) is 0 Å². The fourth-order valence-electron chi connectivity index (χ4n) is 2.40. The molecule has 0 spiro atoms. The summed E-state index contributed by atoms with van der Waals surface area (Å²) in [6.45, 7) is 17.2. The Balaban J connectivity index is 0. The summed E-state index contributed by atoms with van der Waals surface area (Å²) < 4.78 is 0. The molecule has 2 rings (SSSR count). The van der Waals surface area contributed by atoms with E-state index in [0.29, 0.717) is 5.70 Å². The van der Waals surface area contributed by atoms with Crippen LogP contribution < -0.4 is 0 Å². The first-order valence-electron chi connectivity index (χ1n) is 10.7. The molecule has 0 fully saturated rings. The standard InChI is InChI=1S/C17H21NO.C9H7Cl.C2H6.CH2O/c1-6-17(15(5)19)18-14(4)13(3)11-16-10-8-7-9-12(16)2;1-2-5-8-6-3-4-7-9(8)10;2*1-2/h6-11H,1-5H3;3-4,6-7H,1H3;1-2H3;1H2/b13-11+,17-6-,18-14-;;;. The number of halogens is 1. The summed E-state index contributed by atoms with van der Waals surface area (Å²) in [7, 11) is 0. The van der Waals surface area contributed by atoms with E-state index in [1.807, 2.05) is 77.8 Å². The Kier molecular flexibility index (Phi) is 18.9. The third kappa shape index (κ3) is 13.0. The molecule has 0 atom stereocenters. The minimum Gasteiger partial charge on any atom is -0.307 e. The molecule has 0 amide bonds. The highest BCUT2D eigenvalue weighted by Crippen LogP contribution is 2.14. The first-order chi connectivity index (χ1) is 15.8. The summed E-state index contributed by atoms with van der Waals surface area (Å²) in [5, 5.41) is 0.719. The van der Waals surface area contributed by atoms with Crippen LogP contribution in [-0.2, 0) is 9.59 Å². The average Bonchev–Trinajstić information content (AvgIpc) is 2.83. The van der Waals surface area contributed by atoms with Crippen LogP contribution in [0.3, 0.4) is 0 Å². The molecule has 0 unspecified atom stereocenters. The fourth-order valence-corrected chi connectivity index (χ4v) is 2.58. The maximum Gasteiger partial charge on any atom is 0.177 e. The second-order valence-electron chi connectivity index (χ2n) is 6.47. The Morgan fingerprint density at radius 3 is 2.03 bits per heavy atom. The number of ketones is 1. The van der Waals surface area contributed by atoms with Gasteiger partial charge in [0, 0.05) is 18.2 Å². The van der Waals surface area contributed by atoms with E-state index < -0.39 is 0 Å². The Morgan fingerprint density at radius 2 is 1.55 bits per heavy atom. The lowest BCUT2D eigenvalue weighted by Crippen LogP contribution is -2.00. The highest BCUT2D eigenvalue weighted by Gasteiger charge is 2.03. The van der Waals surface area contributed by atoms with Gasteiger partial charge in [-0.25, -0.2) is 0 Å². The molecule has 0 radical (unpaired) electrons. The van der Waals surface area contributed by atoms with E-state index in [1.165, 1.54) is 18.1 Å². The monoisotopic (exact) mass is 465 g/mol. The molecule has 0 aliphatic carbocycles. The van der Waals surface area contributed by atoms with Crippen molar-refractivity contribution in [1.82, 2.24) is 0 Å². The molecule has 4 heteroatoms. The predicted molar refractivity (Wildman–Crippen MR) is 145 cm³/mol. The van der Waals surface area contributed by atoms with E-state index in [2.05, 4.69) is 42.0 Å². The molecular formula is C29H36ClNO2. The molecule has 0 saturated heterocycles. The highest BCUT2D eigenvalue weighted by atomic mass is 35.5. The van der Waals surface area contributed by atoms with Crippen LogP contribution in [0.4, 0.5) is 0 Å². The lowest BCUT2D eigenvalue weighted by Gasteiger charge is -2.04. The van der Waals surface area contributed by atoms with Crippen molar-refractivity contribution in [3.05, 3.63) is 87.6 Å². The molecule has 176 valence electrons. The van der Waals surface area contributed by atoms with Crippen molar-refractivity contribution in [3.8, 4) is 11.8 Å². The van der Waals surface area contributed by atoms with Gasteiger partial charge >= 0.3 is 0 Å². The fraction of sp³-hybridized carbons (Fsp3) is 0.276. The summed E-state index contributed by atoms with van der Waals surface area (Å²) in [5.41, 5.74) is 5.75. The molecule has 0 aliphatic rings. The van der Waals surface area contributed by atoms with Crippen LogP contribution in [-0.4, -0.2) is 18.3 Å². The number of Topliss-reactive ketones (excluding diaryl/α,β-unsaturated/α-hetero) is 1. The molecule has 0 bridgehead atoms. The lowest BCUT2D eigenvalue weighted by atomic mass is 10.0. The number of carbonyl (C=O) groups excluding carboxylic acids is 2. The molecule has 2 aromatic rings. The number of rotatable bonds is 4. The minimum absolute atomic E-state index is 0.00876. The number of hydrogen-bond acceptors (Lipinski definition) is 3. The summed E-state index contributed by atoms with van der Waals surface area (Å²) in [6.07, 6.45) is 3.84. The molecule has 0 heterocycles. The molecule has 0 N–H and O–H groups in total. The Morgan fingerprint density at radius 1 is 1.00 bits per heavy atom. The van der Waals surface area contributed by atoms with E-state index in [4.69, 9.17) is 16.4 Å². The summed E-state index contributed by atoms with van der Waals surface area (Å²) in [6, 6.07) is 15.8.